The summed E-state index contributed by atoms with van der Waals surface area (Å²) in [4.78, 5) is 12.5. The first kappa shape index (κ1) is 22.8. The fraction of sp³-hybridized carbons (Fsp3) is 0.650. The zero-order chi connectivity index (χ0) is 20.6. The predicted octanol–water partition coefficient (Wildman–Crippen LogP) is 2.31. The average Bonchev–Trinajstić information content (AvgIpc) is 2.72. The Hall–Kier alpha value is -1.48. The molecule has 0 bridgehead atoms. The first-order valence-corrected chi connectivity index (χ1v) is 11.4. The third kappa shape index (κ3) is 6.27. The maximum atomic E-state index is 12.5. The minimum absolute atomic E-state index is 0.0734. The number of carbonyl (C=O) groups is 1. The number of amides is 1. The molecular weight excluding hydrogens is 380 g/mol. The summed E-state index contributed by atoms with van der Waals surface area (Å²) in [5, 5.41) is 2.83. The van der Waals surface area contributed by atoms with Gasteiger partial charge in [-0.15, -0.1) is 0 Å². The molecule has 1 N–H and O–H groups in total. The zero-order valence-electron chi connectivity index (χ0n) is 17.0. The fourth-order valence-electron chi connectivity index (χ4n) is 3.09. The number of ether oxygens (including phenoxy) is 2. The van der Waals surface area contributed by atoms with E-state index in [4.69, 9.17) is 9.47 Å². The third-order valence-corrected chi connectivity index (χ3v) is 6.97. The van der Waals surface area contributed by atoms with Crippen molar-refractivity contribution in [3.63, 3.8) is 0 Å². The van der Waals surface area contributed by atoms with Crippen molar-refractivity contribution in [3.05, 3.63) is 29.8 Å². The molecule has 2 unspecified atom stereocenters. The van der Waals surface area contributed by atoms with Gasteiger partial charge in [-0.1, -0.05) is 26.0 Å². The van der Waals surface area contributed by atoms with Crippen LogP contribution in [0.1, 0.15) is 45.6 Å². The van der Waals surface area contributed by atoms with E-state index in [1.54, 1.807) is 31.2 Å². The largest absolute Gasteiger partial charge is 0.376 e. The van der Waals surface area contributed by atoms with Crippen LogP contribution in [0, 0.1) is 0 Å². The third-order valence-electron chi connectivity index (χ3n) is 4.91. The summed E-state index contributed by atoms with van der Waals surface area (Å²) in [6, 6.07) is 6.60. The molecule has 0 radical (unpaired) electrons. The second kappa shape index (κ2) is 10.9. The van der Waals surface area contributed by atoms with Crippen LogP contribution in [-0.4, -0.2) is 57.1 Å². The molecule has 0 aliphatic carbocycles. The van der Waals surface area contributed by atoms with Gasteiger partial charge in [-0.25, -0.2) is 8.42 Å². The Morgan fingerprint density at radius 3 is 2.50 bits per heavy atom. The van der Waals surface area contributed by atoms with E-state index in [1.807, 2.05) is 13.8 Å². The number of nitrogens with zero attached hydrogens (tertiary/aromatic N) is 1. The average molecular weight is 413 g/mol. The van der Waals surface area contributed by atoms with E-state index in [9.17, 15) is 13.2 Å². The molecule has 0 aromatic heterocycles. The highest BCUT2D eigenvalue weighted by atomic mass is 32.2. The number of nitrogens with one attached hydrogen (secondary N) is 1. The monoisotopic (exact) mass is 412 g/mol. The second-order valence-electron chi connectivity index (χ2n) is 6.92. The van der Waals surface area contributed by atoms with Crippen LogP contribution in [0.4, 0.5) is 0 Å². The molecule has 2 atom stereocenters. The number of benzene rings is 1. The Morgan fingerprint density at radius 1 is 1.25 bits per heavy atom. The molecule has 8 heteroatoms. The van der Waals surface area contributed by atoms with Gasteiger partial charge in [0.15, 0.2) is 0 Å². The van der Waals surface area contributed by atoms with Crippen LogP contribution in [0.15, 0.2) is 29.2 Å². The Kier molecular flexibility index (Phi) is 8.88. The first-order chi connectivity index (χ1) is 13.4. The Morgan fingerprint density at radius 2 is 1.93 bits per heavy atom. The van der Waals surface area contributed by atoms with E-state index in [0.717, 1.165) is 31.4 Å². The van der Waals surface area contributed by atoms with Crippen LogP contribution >= 0.6 is 0 Å². The molecule has 1 heterocycles. The Balaban J connectivity index is 1.82. The minimum atomic E-state index is -3.47. The fourth-order valence-corrected chi connectivity index (χ4v) is 4.55. The van der Waals surface area contributed by atoms with Crippen LogP contribution in [0.25, 0.3) is 0 Å². The lowest BCUT2D eigenvalue weighted by Gasteiger charge is -2.23. The summed E-state index contributed by atoms with van der Waals surface area (Å²) in [5.74, 6) is -0.198. The SMILES string of the molecule is CCN(CC)S(=O)(=O)c1ccc(CNC(=O)C(C)OCC2CCCCO2)cc1. The molecule has 7 nitrogen and oxygen atoms in total. The Labute approximate surface area is 168 Å². The van der Waals surface area contributed by atoms with Crippen LogP contribution in [0.2, 0.25) is 0 Å². The summed E-state index contributed by atoms with van der Waals surface area (Å²) < 4.78 is 37.6. The van der Waals surface area contributed by atoms with E-state index >= 15 is 0 Å². The van der Waals surface area contributed by atoms with Crippen molar-refractivity contribution >= 4 is 15.9 Å². The zero-order valence-corrected chi connectivity index (χ0v) is 17.8. The molecule has 0 saturated carbocycles. The normalized spacial score (nSPS) is 18.8. The molecule has 1 aliphatic heterocycles. The van der Waals surface area contributed by atoms with E-state index in [-0.39, 0.29) is 16.9 Å². The quantitative estimate of drug-likeness (QED) is 0.637. The second-order valence-corrected chi connectivity index (χ2v) is 8.85. The lowest BCUT2D eigenvalue weighted by atomic mass is 10.1. The van der Waals surface area contributed by atoms with E-state index in [1.165, 1.54) is 4.31 Å². The summed E-state index contributed by atoms with van der Waals surface area (Å²) in [7, 11) is -3.47. The summed E-state index contributed by atoms with van der Waals surface area (Å²) in [6.45, 7) is 7.71. The van der Waals surface area contributed by atoms with Crippen LogP contribution in [0.3, 0.4) is 0 Å². The summed E-state index contributed by atoms with van der Waals surface area (Å²) in [5.41, 5.74) is 0.828. The van der Waals surface area contributed by atoms with Gasteiger partial charge in [0.2, 0.25) is 15.9 Å². The molecule has 1 aromatic rings. The maximum Gasteiger partial charge on any atom is 0.249 e. The molecule has 0 spiro atoms. The van der Waals surface area contributed by atoms with Crippen molar-refractivity contribution in [2.24, 2.45) is 0 Å². The molecule has 28 heavy (non-hydrogen) atoms. The number of hydrogen-bond acceptors (Lipinski definition) is 5. The van der Waals surface area contributed by atoms with Gasteiger partial charge in [-0.3, -0.25) is 4.79 Å². The van der Waals surface area contributed by atoms with Gasteiger partial charge in [-0.05, 0) is 43.9 Å². The Bertz CT molecular complexity index is 711. The number of rotatable bonds is 10. The summed E-state index contributed by atoms with van der Waals surface area (Å²) >= 11 is 0. The summed E-state index contributed by atoms with van der Waals surface area (Å²) in [6.07, 6.45) is 2.70. The van der Waals surface area contributed by atoms with E-state index < -0.39 is 16.1 Å². The topological polar surface area (TPSA) is 84.9 Å². The molecule has 1 fully saturated rings. The molecule has 2 rings (SSSR count). The standard InChI is InChI=1S/C20H32N2O5S/c1-4-22(5-2)28(24,25)19-11-9-17(10-12-19)14-21-20(23)16(3)27-15-18-8-6-7-13-26-18/h9-12,16,18H,4-8,13-15H2,1-3H3,(H,21,23). The lowest BCUT2D eigenvalue weighted by Crippen LogP contribution is -2.36. The number of sulfonamides is 1. The van der Waals surface area contributed by atoms with Crippen molar-refractivity contribution in [1.82, 2.24) is 9.62 Å². The molecule has 1 aliphatic rings. The molecule has 1 aromatic carbocycles. The highest BCUT2D eigenvalue weighted by Crippen LogP contribution is 2.16. The van der Waals surface area contributed by atoms with Crippen molar-refractivity contribution in [2.75, 3.05) is 26.3 Å². The molecule has 1 amide bonds. The van der Waals surface area contributed by atoms with Gasteiger partial charge in [0.25, 0.3) is 0 Å². The van der Waals surface area contributed by atoms with Crippen LogP contribution < -0.4 is 5.32 Å². The number of carbonyl (C=O) groups excluding carboxylic acids is 1. The van der Waals surface area contributed by atoms with Crippen LogP contribution in [0.5, 0.6) is 0 Å². The van der Waals surface area contributed by atoms with Crippen molar-refractivity contribution < 1.29 is 22.7 Å². The van der Waals surface area contributed by atoms with Gasteiger partial charge >= 0.3 is 0 Å². The van der Waals surface area contributed by atoms with E-state index in [2.05, 4.69) is 5.32 Å². The van der Waals surface area contributed by atoms with Crippen molar-refractivity contribution in [1.29, 1.82) is 0 Å². The van der Waals surface area contributed by atoms with Crippen LogP contribution in [-0.2, 0) is 30.8 Å². The van der Waals surface area contributed by atoms with Gasteiger partial charge in [0.05, 0.1) is 17.6 Å². The molecular formula is C20H32N2O5S. The lowest BCUT2D eigenvalue weighted by molar-refractivity contribution is -0.135. The maximum absolute atomic E-state index is 12.5. The van der Waals surface area contributed by atoms with Gasteiger partial charge in [0, 0.05) is 26.2 Å². The highest BCUT2D eigenvalue weighted by molar-refractivity contribution is 7.89. The van der Waals surface area contributed by atoms with E-state index in [0.29, 0.717) is 26.2 Å². The molecule has 158 valence electrons. The van der Waals surface area contributed by atoms with Crippen molar-refractivity contribution in [2.45, 2.75) is 63.7 Å². The molecule has 1 saturated heterocycles. The van der Waals surface area contributed by atoms with Gasteiger partial charge < -0.3 is 14.8 Å². The highest BCUT2D eigenvalue weighted by Gasteiger charge is 2.21. The number of hydrogen-bond donors (Lipinski definition) is 1. The van der Waals surface area contributed by atoms with Crippen molar-refractivity contribution in [3.8, 4) is 0 Å². The smallest absolute Gasteiger partial charge is 0.249 e. The first-order valence-electron chi connectivity index (χ1n) is 9.98. The predicted molar refractivity (Wildman–Crippen MR) is 107 cm³/mol. The van der Waals surface area contributed by atoms with Gasteiger partial charge in [0.1, 0.15) is 6.10 Å². The minimum Gasteiger partial charge on any atom is -0.376 e. The van der Waals surface area contributed by atoms with Gasteiger partial charge in [-0.2, -0.15) is 4.31 Å².